The molecular weight excluding hydrogens is 691 g/mol. The van der Waals surface area contributed by atoms with Crippen molar-refractivity contribution in [3.05, 3.63) is 212 Å². The predicted octanol–water partition coefficient (Wildman–Crippen LogP) is 14.3. The summed E-state index contributed by atoms with van der Waals surface area (Å²) in [5.74, 6) is 0. The molecule has 3 aromatic heterocycles. The molecule has 0 amide bonds. The molecule has 0 aliphatic rings. The summed E-state index contributed by atoms with van der Waals surface area (Å²) in [7, 11) is 0. The van der Waals surface area contributed by atoms with Gasteiger partial charge in [0.05, 0.1) is 62.3 Å². The zero-order valence-corrected chi connectivity index (χ0v) is 30.0. The molecule has 0 bridgehead atoms. The van der Waals surface area contributed by atoms with Gasteiger partial charge in [0.1, 0.15) is 0 Å². The van der Waals surface area contributed by atoms with E-state index in [1.807, 2.05) is 84.9 Å². The van der Waals surface area contributed by atoms with Crippen LogP contribution in [0, 0.1) is 0 Å². The maximum absolute atomic E-state index is 10.2. The van der Waals surface area contributed by atoms with Crippen LogP contribution in [0.25, 0.3) is 105 Å². The summed E-state index contributed by atoms with van der Waals surface area (Å²) in [5.41, 5.74) is 4.02. The van der Waals surface area contributed by atoms with Gasteiger partial charge in [-0.1, -0.05) is 157 Å². The quantitative estimate of drug-likeness (QED) is 0.167. The number of rotatable bonds is 5. The minimum Gasteiger partial charge on any atom is -0.307 e. The average Bonchev–Trinajstić information content (AvgIpc) is 4.02. The minimum absolute atomic E-state index is 0.207. The van der Waals surface area contributed by atoms with Gasteiger partial charge in [0.25, 0.3) is 0 Å². The molecule has 57 heavy (non-hydrogen) atoms. The van der Waals surface area contributed by atoms with Crippen molar-refractivity contribution < 1.29 is 17.8 Å². The van der Waals surface area contributed by atoms with Gasteiger partial charge in [-0.15, -0.1) is 0 Å². The van der Waals surface area contributed by atoms with E-state index in [9.17, 15) is 4.11 Å². The Morgan fingerprint density at radius 1 is 0.298 bits per heavy atom. The van der Waals surface area contributed by atoms with Crippen LogP contribution in [-0.4, -0.2) is 13.7 Å². The lowest BCUT2D eigenvalue weighted by Crippen LogP contribution is -2.03. The lowest BCUT2D eigenvalue weighted by atomic mass is 9.98. The van der Waals surface area contributed by atoms with Crippen molar-refractivity contribution in [2.75, 3.05) is 0 Å². The molecule has 0 aliphatic carbocycles. The summed E-state index contributed by atoms with van der Waals surface area (Å²) in [6, 6.07) is 35.0. The van der Waals surface area contributed by atoms with Gasteiger partial charge in [0, 0.05) is 38.0 Å². The van der Waals surface area contributed by atoms with Crippen LogP contribution >= 0.6 is 0 Å². The normalized spacial score (nSPS) is 15.1. The molecule has 0 spiro atoms. The van der Waals surface area contributed by atoms with E-state index < -0.39 is 101 Å². The standard InChI is InChI=1S/C54H35N3/c1-3-17-36(18-4-1)38-33-39(37-19-5-2-6-20-37)35-40(34-38)55-47-27-11-9-23-43(47)45-25-16-32-52(53(45)55)57-50-30-14-10-24-44(50)46-26-15-31-51(54(46)57)56-48-28-12-7-21-41(48)42-22-8-13-29-49(42)56/h1-35H/i1D,2D,3D,4D,5D,6D,17D,18D,19D,20D,33D,34D,35D. The molecule has 12 aromatic rings. The van der Waals surface area contributed by atoms with Crippen molar-refractivity contribution in [3.8, 4) is 39.3 Å². The summed E-state index contributed by atoms with van der Waals surface area (Å²) >= 11 is 0. The highest BCUT2D eigenvalue weighted by molar-refractivity contribution is 6.17. The third kappa shape index (κ3) is 4.73. The molecule has 0 atom stereocenters. The van der Waals surface area contributed by atoms with Crippen LogP contribution in [-0.2, 0) is 0 Å². The molecule has 0 saturated heterocycles. The van der Waals surface area contributed by atoms with E-state index in [4.69, 9.17) is 13.7 Å². The molecule has 266 valence electrons. The average molecular weight is 739 g/mol. The van der Waals surface area contributed by atoms with Crippen LogP contribution in [0.3, 0.4) is 0 Å². The number of para-hydroxylation sites is 6. The Kier molecular flexibility index (Phi) is 4.69. The number of benzene rings is 9. The van der Waals surface area contributed by atoms with Crippen molar-refractivity contribution in [2.45, 2.75) is 0 Å². The molecular formula is C54H35N3. The van der Waals surface area contributed by atoms with Crippen LogP contribution in [0.1, 0.15) is 17.8 Å². The van der Waals surface area contributed by atoms with Gasteiger partial charge in [0.15, 0.2) is 0 Å². The minimum atomic E-state index is -0.722. The van der Waals surface area contributed by atoms with Crippen LogP contribution in [0.4, 0.5) is 0 Å². The van der Waals surface area contributed by atoms with Crippen molar-refractivity contribution >= 4 is 65.4 Å². The zero-order chi connectivity index (χ0) is 48.8. The van der Waals surface area contributed by atoms with Gasteiger partial charge in [0.2, 0.25) is 0 Å². The molecule has 3 heterocycles. The Morgan fingerprint density at radius 3 is 1.16 bits per heavy atom. The first-order valence-electron chi connectivity index (χ1n) is 25.1. The van der Waals surface area contributed by atoms with E-state index in [0.717, 1.165) is 49.3 Å². The highest BCUT2D eigenvalue weighted by Crippen LogP contribution is 2.43. The van der Waals surface area contributed by atoms with Crippen molar-refractivity contribution in [1.29, 1.82) is 0 Å². The second-order valence-corrected chi connectivity index (χ2v) is 13.9. The van der Waals surface area contributed by atoms with Crippen molar-refractivity contribution in [2.24, 2.45) is 0 Å². The SMILES string of the molecule is [2H]c1c([2H])c([2H])c(-c2c([2H])c(-c3c([2H])c([2H])c([2H])c([2H])c3[2H])c([2H])c(-n3c4ccccc4c4cccc(-n5c6ccccc6c6cccc(-n7c8ccccc8c8ccccc87)c65)c43)c2[2H])c([2H])c1[2H]. The highest BCUT2D eigenvalue weighted by atomic mass is 15.1. The second kappa shape index (κ2) is 12.5. The fourth-order valence-electron chi connectivity index (χ4n) is 8.59. The van der Waals surface area contributed by atoms with E-state index in [-0.39, 0.29) is 5.69 Å². The highest BCUT2D eigenvalue weighted by Gasteiger charge is 2.23. The molecule has 0 N–H and O–H groups in total. The van der Waals surface area contributed by atoms with E-state index in [0.29, 0.717) is 27.5 Å². The lowest BCUT2D eigenvalue weighted by molar-refractivity contribution is 1.11. The number of hydrogen-bond donors (Lipinski definition) is 0. The van der Waals surface area contributed by atoms with Gasteiger partial charge >= 0.3 is 0 Å². The van der Waals surface area contributed by atoms with Crippen LogP contribution in [0.15, 0.2) is 212 Å². The van der Waals surface area contributed by atoms with Crippen molar-refractivity contribution in [1.82, 2.24) is 13.7 Å². The molecule has 0 aliphatic heterocycles. The predicted molar refractivity (Wildman–Crippen MR) is 240 cm³/mol. The van der Waals surface area contributed by atoms with Crippen LogP contribution in [0.5, 0.6) is 0 Å². The first-order chi connectivity index (χ1) is 33.7. The monoisotopic (exact) mass is 738 g/mol. The number of fused-ring (bicyclic) bond motifs is 9. The summed E-state index contributed by atoms with van der Waals surface area (Å²) < 4.78 is 124. The molecule has 12 rings (SSSR count). The molecule has 3 heteroatoms. The molecule has 3 nitrogen and oxygen atoms in total. The van der Waals surface area contributed by atoms with E-state index >= 15 is 0 Å². The Labute approximate surface area is 347 Å². The smallest absolute Gasteiger partial charge is 0.0783 e. The maximum Gasteiger partial charge on any atom is 0.0783 e. The number of nitrogens with zero attached hydrogens (tertiary/aromatic N) is 3. The van der Waals surface area contributed by atoms with Gasteiger partial charge in [-0.2, -0.15) is 0 Å². The summed E-state index contributed by atoms with van der Waals surface area (Å²) in [5, 5.41) is 5.47. The van der Waals surface area contributed by atoms with Crippen molar-refractivity contribution in [3.63, 3.8) is 0 Å². The Hall–Kier alpha value is -7.62. The van der Waals surface area contributed by atoms with Gasteiger partial charge in [-0.3, -0.25) is 0 Å². The largest absolute Gasteiger partial charge is 0.307 e. The third-order valence-corrected chi connectivity index (χ3v) is 10.9. The summed E-state index contributed by atoms with van der Waals surface area (Å²) in [6.07, 6.45) is 0. The molecule has 0 fully saturated rings. The van der Waals surface area contributed by atoms with E-state index in [2.05, 4.69) is 51.6 Å². The Bertz CT molecular complexity index is 4090. The van der Waals surface area contributed by atoms with E-state index in [1.54, 1.807) is 10.6 Å². The number of hydrogen-bond acceptors (Lipinski definition) is 0. The van der Waals surface area contributed by atoms with Crippen LogP contribution in [0.2, 0.25) is 0 Å². The molecule has 0 saturated carbocycles. The van der Waals surface area contributed by atoms with Crippen LogP contribution < -0.4 is 0 Å². The summed E-state index contributed by atoms with van der Waals surface area (Å²) in [6.45, 7) is 0. The first-order valence-corrected chi connectivity index (χ1v) is 18.6. The fourth-order valence-corrected chi connectivity index (χ4v) is 8.59. The van der Waals surface area contributed by atoms with Gasteiger partial charge in [-0.05, 0) is 76.8 Å². The topological polar surface area (TPSA) is 14.8 Å². The molecule has 0 radical (unpaired) electrons. The Morgan fingerprint density at radius 2 is 0.667 bits per heavy atom. The Balaban J connectivity index is 1.30. The molecule has 0 unspecified atom stereocenters. The lowest BCUT2D eigenvalue weighted by Gasteiger charge is -2.18. The zero-order valence-electron chi connectivity index (χ0n) is 43.0. The number of aromatic nitrogens is 3. The first kappa shape index (κ1) is 21.5. The second-order valence-electron chi connectivity index (χ2n) is 13.9. The maximum atomic E-state index is 10.2. The van der Waals surface area contributed by atoms with Gasteiger partial charge in [-0.25, -0.2) is 0 Å². The third-order valence-electron chi connectivity index (χ3n) is 10.9. The van der Waals surface area contributed by atoms with Gasteiger partial charge < -0.3 is 13.7 Å². The summed E-state index contributed by atoms with van der Waals surface area (Å²) in [4.78, 5) is 0. The van der Waals surface area contributed by atoms with E-state index in [1.165, 1.54) is 0 Å². The fraction of sp³-hybridized carbons (Fsp3) is 0. The molecule has 9 aromatic carbocycles.